The maximum atomic E-state index is 13.2. The van der Waals surface area contributed by atoms with E-state index < -0.39 is 16.1 Å². The number of carbonyl (C=O) groups excluding carboxylic acids is 1. The molecule has 0 fully saturated rings. The molecule has 2 aromatic carbocycles. The van der Waals surface area contributed by atoms with Gasteiger partial charge in [0, 0.05) is 13.0 Å². The number of para-hydroxylation sites is 2. The molecule has 1 aliphatic heterocycles. The predicted molar refractivity (Wildman–Crippen MR) is 121 cm³/mol. The van der Waals surface area contributed by atoms with E-state index in [1.807, 2.05) is 24.3 Å². The molecule has 2 atom stereocenters. The van der Waals surface area contributed by atoms with Gasteiger partial charge in [-0.05, 0) is 42.2 Å². The van der Waals surface area contributed by atoms with Crippen LogP contribution in [0.5, 0.6) is 11.5 Å². The van der Waals surface area contributed by atoms with Crippen molar-refractivity contribution in [3.63, 3.8) is 0 Å². The second kappa shape index (κ2) is 9.60. The quantitative estimate of drug-likeness (QED) is 0.704. The summed E-state index contributed by atoms with van der Waals surface area (Å²) < 4.78 is 37.1. The highest BCUT2D eigenvalue weighted by molar-refractivity contribution is 7.92. The number of hydrogen-bond donors (Lipinski definition) is 1. The number of anilines is 1. The second-order valence-corrected chi connectivity index (χ2v) is 10.1. The molecule has 0 saturated heterocycles. The first-order valence-electron chi connectivity index (χ1n) is 10.4. The highest BCUT2D eigenvalue weighted by Crippen LogP contribution is 2.34. The average molecular weight is 447 g/mol. The van der Waals surface area contributed by atoms with Gasteiger partial charge in [0.15, 0.2) is 6.10 Å². The molecule has 3 rings (SSSR count). The van der Waals surface area contributed by atoms with Crippen LogP contribution in [0, 0.1) is 5.92 Å². The Balaban J connectivity index is 1.82. The summed E-state index contributed by atoms with van der Waals surface area (Å²) in [5, 5.41) is 3.11. The molecule has 7 nitrogen and oxygen atoms in total. The second-order valence-electron chi connectivity index (χ2n) is 8.16. The minimum atomic E-state index is -3.49. The maximum absolute atomic E-state index is 13.2. The van der Waals surface area contributed by atoms with Gasteiger partial charge in [0.2, 0.25) is 10.0 Å². The molecule has 0 spiro atoms. The van der Waals surface area contributed by atoms with Crippen LogP contribution in [-0.2, 0) is 14.8 Å². The van der Waals surface area contributed by atoms with Gasteiger partial charge in [0.1, 0.15) is 11.5 Å². The van der Waals surface area contributed by atoms with Crippen molar-refractivity contribution in [2.75, 3.05) is 24.2 Å². The SMILES string of the molecule is COc1ccc([C@H](CC(C)C)NC(=O)[C@H]2CCN(S(C)(=O)=O)c3ccccc3O2)cc1. The van der Waals surface area contributed by atoms with Gasteiger partial charge >= 0.3 is 0 Å². The third-order valence-corrected chi connectivity index (χ3v) is 6.41. The minimum Gasteiger partial charge on any atom is -0.497 e. The van der Waals surface area contributed by atoms with Gasteiger partial charge in [-0.25, -0.2) is 8.42 Å². The van der Waals surface area contributed by atoms with Gasteiger partial charge in [0.05, 0.1) is 25.1 Å². The van der Waals surface area contributed by atoms with E-state index in [4.69, 9.17) is 9.47 Å². The van der Waals surface area contributed by atoms with Gasteiger partial charge in [-0.15, -0.1) is 0 Å². The Morgan fingerprint density at radius 1 is 1.19 bits per heavy atom. The van der Waals surface area contributed by atoms with Gasteiger partial charge in [-0.3, -0.25) is 9.10 Å². The van der Waals surface area contributed by atoms with Crippen molar-refractivity contribution in [2.24, 2.45) is 5.92 Å². The zero-order valence-electron chi connectivity index (χ0n) is 18.4. The van der Waals surface area contributed by atoms with Crippen LogP contribution in [-0.4, -0.2) is 40.3 Å². The molecule has 1 amide bonds. The number of benzene rings is 2. The van der Waals surface area contributed by atoms with E-state index in [1.165, 1.54) is 4.31 Å². The first-order valence-corrected chi connectivity index (χ1v) is 12.2. The van der Waals surface area contributed by atoms with Crippen molar-refractivity contribution in [1.29, 1.82) is 0 Å². The molecule has 2 aromatic rings. The third-order valence-electron chi connectivity index (χ3n) is 5.23. The lowest BCUT2D eigenvalue weighted by molar-refractivity contribution is -0.129. The third kappa shape index (κ3) is 5.70. The number of hydrogen-bond acceptors (Lipinski definition) is 5. The largest absolute Gasteiger partial charge is 0.497 e. The Kier molecular flexibility index (Phi) is 7.10. The lowest BCUT2D eigenvalue weighted by Crippen LogP contribution is -2.41. The first kappa shape index (κ1) is 22.9. The lowest BCUT2D eigenvalue weighted by Gasteiger charge is -2.24. The number of nitrogens with zero attached hydrogens (tertiary/aromatic N) is 1. The molecule has 0 radical (unpaired) electrons. The summed E-state index contributed by atoms with van der Waals surface area (Å²) in [6.45, 7) is 4.38. The maximum Gasteiger partial charge on any atom is 0.261 e. The van der Waals surface area contributed by atoms with E-state index in [0.29, 0.717) is 17.4 Å². The summed E-state index contributed by atoms with van der Waals surface area (Å²) in [5.74, 6) is 1.24. The monoisotopic (exact) mass is 446 g/mol. The highest BCUT2D eigenvalue weighted by Gasteiger charge is 2.32. The van der Waals surface area contributed by atoms with Gasteiger partial charge in [-0.1, -0.05) is 38.1 Å². The predicted octanol–water partition coefficient (Wildman–Crippen LogP) is 3.52. The summed E-state index contributed by atoms with van der Waals surface area (Å²) in [4.78, 5) is 13.2. The number of carbonyl (C=O) groups is 1. The van der Waals surface area contributed by atoms with E-state index in [-0.39, 0.29) is 24.9 Å². The molecule has 1 aliphatic rings. The Hall–Kier alpha value is -2.74. The molecule has 0 aromatic heterocycles. The van der Waals surface area contributed by atoms with E-state index in [9.17, 15) is 13.2 Å². The van der Waals surface area contributed by atoms with Crippen molar-refractivity contribution in [2.45, 2.75) is 38.8 Å². The molecular formula is C23H30N2O5S. The van der Waals surface area contributed by atoms with Gasteiger partial charge in [-0.2, -0.15) is 0 Å². The summed E-state index contributed by atoms with van der Waals surface area (Å²) in [6, 6.07) is 14.3. The zero-order chi connectivity index (χ0) is 22.6. The minimum absolute atomic E-state index is 0.172. The Labute approximate surface area is 184 Å². The highest BCUT2D eigenvalue weighted by atomic mass is 32.2. The first-order chi connectivity index (χ1) is 14.7. The van der Waals surface area contributed by atoms with Crippen LogP contribution in [0.25, 0.3) is 0 Å². The molecule has 1 heterocycles. The topological polar surface area (TPSA) is 84.9 Å². The summed E-state index contributed by atoms with van der Waals surface area (Å²) >= 11 is 0. The smallest absolute Gasteiger partial charge is 0.261 e. The number of fused-ring (bicyclic) bond motifs is 1. The van der Waals surface area contributed by atoms with Crippen LogP contribution in [0.15, 0.2) is 48.5 Å². The zero-order valence-corrected chi connectivity index (χ0v) is 19.2. The summed E-state index contributed by atoms with van der Waals surface area (Å²) in [5.41, 5.74) is 1.43. The van der Waals surface area contributed by atoms with Crippen molar-refractivity contribution in [1.82, 2.24) is 5.32 Å². The van der Waals surface area contributed by atoms with Crippen LogP contribution in [0.4, 0.5) is 5.69 Å². The van der Waals surface area contributed by atoms with Crippen LogP contribution in [0.2, 0.25) is 0 Å². The Bertz CT molecular complexity index is 1000. The molecule has 168 valence electrons. The molecule has 1 N–H and O–H groups in total. The van der Waals surface area contributed by atoms with E-state index in [0.717, 1.165) is 24.0 Å². The number of amides is 1. The van der Waals surface area contributed by atoms with Crippen molar-refractivity contribution < 1.29 is 22.7 Å². The fraction of sp³-hybridized carbons (Fsp3) is 0.435. The number of methoxy groups -OCH3 is 1. The van der Waals surface area contributed by atoms with Crippen LogP contribution >= 0.6 is 0 Å². The Morgan fingerprint density at radius 2 is 1.87 bits per heavy atom. The average Bonchev–Trinajstić information content (AvgIpc) is 2.93. The molecule has 31 heavy (non-hydrogen) atoms. The molecule has 0 unspecified atom stereocenters. The summed E-state index contributed by atoms with van der Waals surface area (Å²) in [7, 11) is -1.88. The lowest BCUT2D eigenvalue weighted by atomic mass is 9.96. The molecule has 0 aliphatic carbocycles. The fourth-order valence-electron chi connectivity index (χ4n) is 3.71. The molecule has 0 bridgehead atoms. The standard InChI is InChI=1S/C23H30N2O5S/c1-16(2)15-19(17-9-11-18(29-3)12-10-17)24-23(26)22-13-14-25(31(4,27)28)20-7-5-6-8-21(20)30-22/h5-12,16,19,22H,13-15H2,1-4H3,(H,24,26)/t19-,22+/m0/s1. The van der Waals surface area contributed by atoms with Gasteiger partial charge < -0.3 is 14.8 Å². The van der Waals surface area contributed by atoms with E-state index in [1.54, 1.807) is 31.4 Å². The van der Waals surface area contributed by atoms with E-state index >= 15 is 0 Å². The van der Waals surface area contributed by atoms with Crippen molar-refractivity contribution in [3.05, 3.63) is 54.1 Å². The Morgan fingerprint density at radius 3 is 2.48 bits per heavy atom. The van der Waals surface area contributed by atoms with Crippen molar-refractivity contribution in [3.8, 4) is 11.5 Å². The van der Waals surface area contributed by atoms with Crippen LogP contribution in [0.3, 0.4) is 0 Å². The molecular weight excluding hydrogens is 416 g/mol. The number of ether oxygens (including phenoxy) is 2. The number of nitrogens with one attached hydrogen (secondary N) is 1. The van der Waals surface area contributed by atoms with Crippen LogP contribution in [0.1, 0.15) is 38.3 Å². The fourth-order valence-corrected chi connectivity index (χ4v) is 4.65. The molecule has 0 saturated carbocycles. The molecule has 8 heteroatoms. The van der Waals surface area contributed by atoms with Crippen molar-refractivity contribution >= 4 is 21.6 Å². The van der Waals surface area contributed by atoms with E-state index in [2.05, 4.69) is 19.2 Å². The van der Waals surface area contributed by atoms with Gasteiger partial charge in [0.25, 0.3) is 5.91 Å². The number of rotatable bonds is 7. The number of sulfonamides is 1. The summed E-state index contributed by atoms with van der Waals surface area (Å²) in [6.07, 6.45) is 1.38. The van der Waals surface area contributed by atoms with Crippen LogP contribution < -0.4 is 19.1 Å². The normalized spacial score (nSPS) is 17.3.